The summed E-state index contributed by atoms with van der Waals surface area (Å²) in [5.41, 5.74) is 0. The first-order valence-corrected chi connectivity index (χ1v) is 7.51. The van der Waals surface area contributed by atoms with Gasteiger partial charge in [-0.15, -0.1) is 0 Å². The molecule has 3 rings (SSSR count). The number of nitrogens with one attached hydrogen (secondary N) is 1. The fraction of sp³-hybridized carbons (Fsp3) is 0.235. The van der Waals surface area contributed by atoms with E-state index in [0.29, 0.717) is 12.2 Å². The maximum Gasteiger partial charge on any atom is 0.328 e. The minimum atomic E-state index is -1.26. The first kappa shape index (κ1) is 17.4. The number of aromatic nitrogens is 1. The molecule has 0 unspecified atom stereocenters. The van der Waals surface area contributed by atoms with Crippen LogP contribution in [-0.4, -0.2) is 53.3 Å². The lowest BCUT2D eigenvalue weighted by Gasteiger charge is -2.29. The third-order valence-electron chi connectivity index (χ3n) is 3.44. The van der Waals surface area contributed by atoms with Gasteiger partial charge in [0.1, 0.15) is 5.82 Å². The van der Waals surface area contributed by atoms with Gasteiger partial charge in [0.25, 0.3) is 0 Å². The maximum absolute atomic E-state index is 9.55. The van der Waals surface area contributed by atoms with Gasteiger partial charge in [-0.1, -0.05) is 24.3 Å². The lowest BCUT2D eigenvalue weighted by atomic mass is 10.1. The van der Waals surface area contributed by atoms with E-state index < -0.39 is 11.9 Å². The number of hydrogen-bond donors (Lipinski definition) is 3. The molecule has 126 valence electrons. The Morgan fingerprint density at radius 2 is 1.67 bits per heavy atom. The SMILES string of the molecule is O=C(O)/C=C/C(=O)O.c1ccc2c(N3CCNCC3)nccc2c1. The third kappa shape index (κ3) is 5.06. The number of pyridine rings is 1. The van der Waals surface area contributed by atoms with E-state index in [2.05, 4.69) is 45.5 Å². The van der Waals surface area contributed by atoms with Crippen molar-refractivity contribution in [3.63, 3.8) is 0 Å². The zero-order chi connectivity index (χ0) is 17.4. The summed E-state index contributed by atoms with van der Waals surface area (Å²) in [7, 11) is 0. The number of fused-ring (bicyclic) bond motifs is 1. The predicted molar refractivity (Wildman–Crippen MR) is 91.2 cm³/mol. The molecule has 3 N–H and O–H groups in total. The Morgan fingerprint density at radius 3 is 2.29 bits per heavy atom. The van der Waals surface area contributed by atoms with Crippen LogP contribution < -0.4 is 10.2 Å². The number of aliphatic carboxylic acids is 2. The molecule has 0 bridgehead atoms. The summed E-state index contributed by atoms with van der Waals surface area (Å²) >= 11 is 0. The summed E-state index contributed by atoms with van der Waals surface area (Å²) < 4.78 is 0. The van der Waals surface area contributed by atoms with Gasteiger partial charge >= 0.3 is 11.9 Å². The van der Waals surface area contributed by atoms with Crippen molar-refractivity contribution >= 4 is 28.5 Å². The van der Waals surface area contributed by atoms with Crippen molar-refractivity contribution < 1.29 is 19.8 Å². The first-order chi connectivity index (χ1) is 11.6. The fourth-order valence-electron chi connectivity index (χ4n) is 2.37. The Kier molecular flexibility index (Phi) is 6.27. The summed E-state index contributed by atoms with van der Waals surface area (Å²) in [6.45, 7) is 4.18. The second-order valence-corrected chi connectivity index (χ2v) is 5.10. The summed E-state index contributed by atoms with van der Waals surface area (Å²) in [6.07, 6.45) is 3.02. The number of benzene rings is 1. The average molecular weight is 329 g/mol. The van der Waals surface area contributed by atoms with Crippen LogP contribution in [0.2, 0.25) is 0 Å². The summed E-state index contributed by atoms with van der Waals surface area (Å²) in [5.74, 6) is -1.39. The Hall–Kier alpha value is -2.93. The van der Waals surface area contributed by atoms with Crippen LogP contribution in [0.4, 0.5) is 5.82 Å². The Labute approximate surface area is 139 Å². The molecule has 0 radical (unpaired) electrons. The van der Waals surface area contributed by atoms with Gasteiger partial charge in [-0.3, -0.25) is 0 Å². The summed E-state index contributed by atoms with van der Waals surface area (Å²) in [5, 5.41) is 21.5. The van der Waals surface area contributed by atoms with Gasteiger partial charge < -0.3 is 20.4 Å². The predicted octanol–water partition coefficient (Wildman–Crippen LogP) is 1.36. The largest absolute Gasteiger partial charge is 0.478 e. The molecule has 1 aliphatic rings. The molecule has 2 heterocycles. The van der Waals surface area contributed by atoms with E-state index in [0.717, 1.165) is 32.0 Å². The van der Waals surface area contributed by atoms with Crippen LogP contribution in [0.5, 0.6) is 0 Å². The molecule has 24 heavy (non-hydrogen) atoms. The van der Waals surface area contributed by atoms with E-state index in [1.54, 1.807) is 0 Å². The normalized spacial score (nSPS) is 14.2. The monoisotopic (exact) mass is 329 g/mol. The van der Waals surface area contributed by atoms with Gasteiger partial charge in [-0.2, -0.15) is 0 Å². The lowest BCUT2D eigenvalue weighted by Crippen LogP contribution is -2.43. The van der Waals surface area contributed by atoms with Crippen molar-refractivity contribution in [3.8, 4) is 0 Å². The number of nitrogens with zero attached hydrogens (tertiary/aromatic N) is 2. The van der Waals surface area contributed by atoms with Crippen LogP contribution >= 0.6 is 0 Å². The topological polar surface area (TPSA) is 103 Å². The van der Waals surface area contributed by atoms with Gasteiger partial charge in [-0.05, 0) is 11.5 Å². The molecular weight excluding hydrogens is 310 g/mol. The summed E-state index contributed by atoms with van der Waals surface area (Å²) in [4.78, 5) is 26.0. The Morgan fingerprint density at radius 1 is 1.04 bits per heavy atom. The van der Waals surface area contributed by atoms with E-state index in [1.165, 1.54) is 10.8 Å². The number of carboxylic acids is 2. The van der Waals surface area contributed by atoms with Crippen molar-refractivity contribution in [2.45, 2.75) is 0 Å². The highest BCUT2D eigenvalue weighted by Gasteiger charge is 2.13. The van der Waals surface area contributed by atoms with E-state index in [9.17, 15) is 9.59 Å². The first-order valence-electron chi connectivity index (χ1n) is 7.51. The molecule has 7 nitrogen and oxygen atoms in total. The molecule has 0 atom stereocenters. The highest BCUT2D eigenvalue weighted by Crippen LogP contribution is 2.23. The van der Waals surface area contributed by atoms with Crippen molar-refractivity contribution in [3.05, 3.63) is 48.7 Å². The van der Waals surface area contributed by atoms with Gasteiger partial charge in [0.05, 0.1) is 0 Å². The zero-order valence-corrected chi connectivity index (χ0v) is 13.1. The van der Waals surface area contributed by atoms with Crippen LogP contribution in [-0.2, 0) is 9.59 Å². The highest BCUT2D eigenvalue weighted by molar-refractivity contribution is 5.92. The van der Waals surface area contributed by atoms with Crippen LogP contribution in [0, 0.1) is 0 Å². The number of piperazine rings is 1. The van der Waals surface area contributed by atoms with E-state index in [4.69, 9.17) is 10.2 Å². The van der Waals surface area contributed by atoms with Gasteiger partial charge in [-0.25, -0.2) is 14.6 Å². The fourth-order valence-corrected chi connectivity index (χ4v) is 2.37. The van der Waals surface area contributed by atoms with Crippen LogP contribution in [0.25, 0.3) is 10.8 Å². The number of rotatable bonds is 3. The molecule has 1 saturated heterocycles. The minimum absolute atomic E-state index is 0.558. The van der Waals surface area contributed by atoms with Crippen LogP contribution in [0.3, 0.4) is 0 Å². The molecule has 1 aliphatic heterocycles. The number of carboxylic acid groups (broad SMARTS) is 2. The number of carbonyl (C=O) groups is 2. The molecule has 1 aromatic carbocycles. The molecular formula is C17H19N3O4. The zero-order valence-electron chi connectivity index (χ0n) is 13.1. The van der Waals surface area contributed by atoms with Gasteiger partial charge in [0.15, 0.2) is 0 Å². The second-order valence-electron chi connectivity index (χ2n) is 5.10. The molecule has 0 saturated carbocycles. The Balaban J connectivity index is 0.000000224. The third-order valence-corrected chi connectivity index (χ3v) is 3.44. The van der Waals surface area contributed by atoms with E-state index in [-0.39, 0.29) is 0 Å². The molecule has 1 fully saturated rings. The number of hydrogen-bond acceptors (Lipinski definition) is 5. The molecule has 0 amide bonds. The summed E-state index contributed by atoms with van der Waals surface area (Å²) in [6, 6.07) is 10.5. The molecule has 0 spiro atoms. The molecule has 0 aliphatic carbocycles. The van der Waals surface area contributed by atoms with Crippen molar-refractivity contribution in [2.24, 2.45) is 0 Å². The minimum Gasteiger partial charge on any atom is -0.478 e. The quantitative estimate of drug-likeness (QED) is 0.731. The van der Waals surface area contributed by atoms with Crippen molar-refractivity contribution in [1.29, 1.82) is 0 Å². The Bertz CT molecular complexity index is 718. The van der Waals surface area contributed by atoms with Crippen LogP contribution in [0.1, 0.15) is 0 Å². The molecule has 2 aromatic rings. The van der Waals surface area contributed by atoms with Gasteiger partial charge in [0.2, 0.25) is 0 Å². The van der Waals surface area contributed by atoms with Crippen molar-refractivity contribution in [2.75, 3.05) is 31.1 Å². The highest BCUT2D eigenvalue weighted by atomic mass is 16.4. The van der Waals surface area contributed by atoms with E-state index in [1.807, 2.05) is 6.20 Å². The van der Waals surface area contributed by atoms with Crippen LogP contribution in [0.15, 0.2) is 48.7 Å². The molecule has 7 heteroatoms. The van der Waals surface area contributed by atoms with E-state index >= 15 is 0 Å². The lowest BCUT2D eigenvalue weighted by molar-refractivity contribution is -0.134. The van der Waals surface area contributed by atoms with Gasteiger partial charge in [0, 0.05) is 49.9 Å². The maximum atomic E-state index is 9.55. The standard InChI is InChI=1S/C13H15N3.C4H4O4/c1-2-4-12-11(3-1)5-6-15-13(12)16-9-7-14-8-10-16;5-3(6)1-2-4(7)8/h1-6,14H,7-10H2;1-2H,(H,5,6)(H,7,8)/b;2-1+. The molecule has 1 aromatic heterocycles. The smallest absolute Gasteiger partial charge is 0.328 e. The second kappa shape index (κ2) is 8.64. The van der Waals surface area contributed by atoms with Crippen molar-refractivity contribution in [1.82, 2.24) is 10.3 Å². The number of anilines is 1. The average Bonchev–Trinajstić information content (AvgIpc) is 2.61.